The summed E-state index contributed by atoms with van der Waals surface area (Å²) >= 11 is 5.85. The van der Waals surface area contributed by atoms with Gasteiger partial charge in [0, 0.05) is 31.0 Å². The van der Waals surface area contributed by atoms with Gasteiger partial charge in [0.1, 0.15) is 11.0 Å². The number of benzene rings is 2. The van der Waals surface area contributed by atoms with E-state index in [0.29, 0.717) is 42.7 Å². The third-order valence-electron chi connectivity index (χ3n) is 5.63. The van der Waals surface area contributed by atoms with Crippen LogP contribution in [0.25, 0.3) is 0 Å². The Balaban J connectivity index is 1.39. The van der Waals surface area contributed by atoms with Crippen molar-refractivity contribution in [1.29, 1.82) is 0 Å². The predicted molar refractivity (Wildman–Crippen MR) is 122 cm³/mol. The molecule has 0 amide bonds. The number of halogens is 2. The molecule has 1 atom stereocenters. The fourth-order valence-electron chi connectivity index (χ4n) is 3.82. The maximum absolute atomic E-state index is 13.2. The highest BCUT2D eigenvalue weighted by atomic mass is 35.5. The van der Waals surface area contributed by atoms with Crippen LogP contribution in [0.5, 0.6) is 0 Å². The van der Waals surface area contributed by atoms with Gasteiger partial charge in [-0.3, -0.25) is 0 Å². The predicted octanol–water partition coefficient (Wildman–Crippen LogP) is 4.11. The first-order chi connectivity index (χ1) is 15.3. The van der Waals surface area contributed by atoms with Crippen molar-refractivity contribution in [3.05, 3.63) is 77.3 Å². The van der Waals surface area contributed by atoms with E-state index in [2.05, 4.69) is 15.3 Å². The van der Waals surface area contributed by atoms with E-state index in [-0.39, 0.29) is 22.7 Å². The zero-order valence-corrected chi connectivity index (χ0v) is 18.7. The Morgan fingerprint density at radius 1 is 1.06 bits per heavy atom. The number of hydrogen-bond acceptors (Lipinski definition) is 6. The lowest BCUT2D eigenvalue weighted by atomic mass is 9.86. The quantitative estimate of drug-likeness (QED) is 0.520. The zero-order valence-electron chi connectivity index (χ0n) is 17.2. The van der Waals surface area contributed by atoms with Crippen molar-refractivity contribution in [2.45, 2.75) is 23.8 Å². The van der Waals surface area contributed by atoms with Crippen LogP contribution in [-0.4, -0.2) is 35.8 Å². The molecule has 32 heavy (non-hydrogen) atoms. The minimum atomic E-state index is -3.61. The normalized spacial score (nSPS) is 16.6. The van der Waals surface area contributed by atoms with Gasteiger partial charge in [-0.15, -0.1) is 0 Å². The SMILES string of the molecule is N[C@H](c1ccc(F)cc1)C1CCN(S(=O)(=O)c2ccc(Nc3nccc(Cl)n3)cc2)CC1. The Bertz CT molecular complexity index is 1170. The Hall–Kier alpha value is -2.59. The largest absolute Gasteiger partial charge is 0.324 e. The monoisotopic (exact) mass is 475 g/mol. The summed E-state index contributed by atoms with van der Waals surface area (Å²) in [7, 11) is -3.61. The molecule has 1 aromatic heterocycles. The summed E-state index contributed by atoms with van der Waals surface area (Å²) in [6.45, 7) is 0.774. The molecule has 1 saturated heterocycles. The highest BCUT2D eigenvalue weighted by Crippen LogP contribution is 2.31. The third kappa shape index (κ3) is 5.07. The van der Waals surface area contributed by atoms with Gasteiger partial charge in [-0.05, 0) is 66.8 Å². The molecule has 1 aliphatic heterocycles. The van der Waals surface area contributed by atoms with Gasteiger partial charge >= 0.3 is 0 Å². The summed E-state index contributed by atoms with van der Waals surface area (Å²) < 4.78 is 40.8. The number of nitrogens with two attached hydrogens (primary N) is 1. The smallest absolute Gasteiger partial charge is 0.243 e. The van der Waals surface area contributed by atoms with Crippen LogP contribution in [0, 0.1) is 11.7 Å². The molecule has 7 nitrogen and oxygen atoms in total. The molecule has 4 rings (SSSR count). The molecular formula is C22H23ClFN5O2S. The van der Waals surface area contributed by atoms with E-state index in [1.54, 1.807) is 42.5 Å². The van der Waals surface area contributed by atoms with E-state index in [4.69, 9.17) is 17.3 Å². The maximum Gasteiger partial charge on any atom is 0.243 e. The van der Waals surface area contributed by atoms with Gasteiger partial charge in [-0.25, -0.2) is 22.8 Å². The Morgan fingerprint density at radius 2 is 1.72 bits per heavy atom. The molecule has 0 radical (unpaired) electrons. The first-order valence-corrected chi connectivity index (χ1v) is 12.0. The molecule has 1 aliphatic rings. The number of hydrogen-bond donors (Lipinski definition) is 2. The lowest BCUT2D eigenvalue weighted by Crippen LogP contribution is -2.40. The summed E-state index contributed by atoms with van der Waals surface area (Å²) in [5, 5.41) is 3.30. The van der Waals surface area contributed by atoms with Crippen LogP contribution >= 0.6 is 11.6 Å². The molecule has 0 aliphatic carbocycles. The molecule has 2 heterocycles. The number of piperidine rings is 1. The lowest BCUT2D eigenvalue weighted by Gasteiger charge is -2.34. The zero-order chi connectivity index (χ0) is 22.7. The topological polar surface area (TPSA) is 101 Å². The van der Waals surface area contributed by atoms with Gasteiger partial charge in [0.25, 0.3) is 0 Å². The number of aromatic nitrogens is 2. The average molecular weight is 476 g/mol. The minimum absolute atomic E-state index is 0.135. The van der Waals surface area contributed by atoms with Crippen molar-refractivity contribution in [3.63, 3.8) is 0 Å². The Labute approximate surface area is 191 Å². The van der Waals surface area contributed by atoms with Gasteiger partial charge in [-0.2, -0.15) is 4.31 Å². The standard InChI is InChI=1S/C22H23ClFN5O2S/c23-20-9-12-26-22(28-20)27-18-5-7-19(8-6-18)32(30,31)29-13-10-16(11-14-29)21(25)15-1-3-17(24)4-2-15/h1-9,12,16,21H,10-11,13-14,25H2,(H,26,27,28)/t21-/m1/s1. The second-order valence-corrected chi connectivity index (χ2v) is 10.00. The van der Waals surface area contributed by atoms with E-state index < -0.39 is 10.0 Å². The van der Waals surface area contributed by atoms with Crippen LogP contribution in [0.3, 0.4) is 0 Å². The van der Waals surface area contributed by atoms with E-state index in [0.717, 1.165) is 5.56 Å². The van der Waals surface area contributed by atoms with Crippen LogP contribution in [-0.2, 0) is 10.0 Å². The molecule has 10 heteroatoms. The summed E-state index contributed by atoms with van der Waals surface area (Å²) in [5.41, 5.74) is 7.87. The molecule has 0 spiro atoms. The highest BCUT2D eigenvalue weighted by molar-refractivity contribution is 7.89. The van der Waals surface area contributed by atoms with Crippen molar-refractivity contribution >= 4 is 33.3 Å². The fraction of sp³-hybridized carbons (Fsp3) is 0.273. The number of rotatable bonds is 6. The van der Waals surface area contributed by atoms with Crippen molar-refractivity contribution < 1.29 is 12.8 Å². The summed E-state index contributed by atoms with van der Waals surface area (Å²) in [5.74, 6) is 0.159. The molecule has 1 fully saturated rings. The number of nitrogens with one attached hydrogen (secondary N) is 1. The van der Waals surface area contributed by atoms with E-state index in [9.17, 15) is 12.8 Å². The Kier molecular flexibility index (Phi) is 6.71. The molecule has 0 saturated carbocycles. The van der Waals surface area contributed by atoms with Crippen molar-refractivity contribution in [2.75, 3.05) is 18.4 Å². The molecule has 0 bridgehead atoms. The number of anilines is 2. The number of sulfonamides is 1. The molecule has 0 unspecified atom stereocenters. The second-order valence-electron chi connectivity index (χ2n) is 7.67. The lowest BCUT2D eigenvalue weighted by molar-refractivity contribution is 0.245. The first kappa shape index (κ1) is 22.6. The van der Waals surface area contributed by atoms with Crippen LogP contribution in [0.2, 0.25) is 5.15 Å². The van der Waals surface area contributed by atoms with E-state index >= 15 is 0 Å². The number of nitrogens with zero attached hydrogens (tertiary/aromatic N) is 3. The van der Waals surface area contributed by atoms with Crippen LogP contribution in [0.4, 0.5) is 16.0 Å². The molecule has 3 aromatic rings. The van der Waals surface area contributed by atoms with Crippen molar-refractivity contribution in [3.8, 4) is 0 Å². The highest BCUT2D eigenvalue weighted by Gasteiger charge is 2.32. The first-order valence-electron chi connectivity index (χ1n) is 10.2. The van der Waals surface area contributed by atoms with Gasteiger partial charge in [0.15, 0.2) is 0 Å². The van der Waals surface area contributed by atoms with Crippen LogP contribution in [0.15, 0.2) is 65.7 Å². The third-order valence-corrected chi connectivity index (χ3v) is 7.75. The maximum atomic E-state index is 13.2. The molecule has 3 N–H and O–H groups in total. The summed E-state index contributed by atoms with van der Waals surface area (Å²) in [6.07, 6.45) is 2.81. The Morgan fingerprint density at radius 3 is 2.34 bits per heavy atom. The van der Waals surface area contributed by atoms with Crippen molar-refractivity contribution in [2.24, 2.45) is 11.7 Å². The van der Waals surface area contributed by atoms with Gasteiger partial charge < -0.3 is 11.1 Å². The van der Waals surface area contributed by atoms with E-state index in [1.165, 1.54) is 22.6 Å². The van der Waals surface area contributed by atoms with Crippen LogP contribution < -0.4 is 11.1 Å². The molecular weight excluding hydrogens is 453 g/mol. The van der Waals surface area contributed by atoms with Gasteiger partial charge in [-0.1, -0.05) is 23.7 Å². The summed E-state index contributed by atoms with van der Waals surface area (Å²) in [4.78, 5) is 8.33. The molecule has 2 aromatic carbocycles. The molecule has 168 valence electrons. The van der Waals surface area contributed by atoms with Gasteiger partial charge in [0.2, 0.25) is 16.0 Å². The van der Waals surface area contributed by atoms with Gasteiger partial charge in [0.05, 0.1) is 4.90 Å². The average Bonchev–Trinajstić information content (AvgIpc) is 2.80. The fourth-order valence-corrected chi connectivity index (χ4v) is 5.42. The van der Waals surface area contributed by atoms with Crippen molar-refractivity contribution in [1.82, 2.24) is 14.3 Å². The van der Waals surface area contributed by atoms with E-state index in [1.807, 2.05) is 0 Å². The van der Waals surface area contributed by atoms with Crippen LogP contribution in [0.1, 0.15) is 24.4 Å². The second kappa shape index (κ2) is 9.50. The summed E-state index contributed by atoms with van der Waals surface area (Å²) in [6, 6.07) is 13.9. The minimum Gasteiger partial charge on any atom is -0.324 e.